The number of hydrogen-bond acceptors (Lipinski definition) is 8. The van der Waals surface area contributed by atoms with Crippen molar-refractivity contribution in [2.75, 3.05) is 27.3 Å². The summed E-state index contributed by atoms with van der Waals surface area (Å²) < 4.78 is 9.56. The van der Waals surface area contributed by atoms with E-state index in [1.807, 2.05) is 62.0 Å². The van der Waals surface area contributed by atoms with Crippen LogP contribution in [0.1, 0.15) is 77.1 Å². The Labute approximate surface area is 338 Å². The summed E-state index contributed by atoms with van der Waals surface area (Å²) in [6.45, 7) is 8.78. The molecule has 4 heterocycles. The molecule has 3 aromatic carbocycles. The molecule has 58 heavy (non-hydrogen) atoms. The summed E-state index contributed by atoms with van der Waals surface area (Å²) in [5.74, 6) is 0.920. The fourth-order valence-corrected chi connectivity index (χ4v) is 8.30. The Bertz CT molecular complexity index is 2280. The van der Waals surface area contributed by atoms with Gasteiger partial charge in [0.25, 0.3) is 0 Å². The smallest absolute Gasteiger partial charge is 0.407 e. The summed E-state index contributed by atoms with van der Waals surface area (Å²) in [7, 11) is 2.58. The van der Waals surface area contributed by atoms with E-state index >= 15 is 0 Å². The summed E-state index contributed by atoms with van der Waals surface area (Å²) in [5.41, 5.74) is 5.83. The predicted octanol–water partition coefficient (Wildman–Crippen LogP) is 7.38. The number of amides is 4. The van der Waals surface area contributed by atoms with Crippen LogP contribution in [0.15, 0.2) is 73.1 Å². The maximum absolute atomic E-state index is 13.7. The maximum Gasteiger partial charge on any atom is 0.407 e. The molecule has 0 unspecified atom stereocenters. The topological polar surface area (TPSA) is 175 Å². The third-order valence-corrected chi connectivity index (χ3v) is 11.4. The summed E-state index contributed by atoms with van der Waals surface area (Å²) in [6.07, 6.45) is 5.61. The lowest BCUT2D eigenvalue weighted by Gasteiger charge is -2.30. The highest BCUT2D eigenvalue weighted by atomic mass is 16.5. The number of likely N-dealkylation sites (tertiary alicyclic amines) is 2. The number of methoxy groups -OCH3 is 2. The molecule has 2 aromatic heterocycles. The minimum Gasteiger partial charge on any atom is -0.453 e. The first-order valence-electron chi connectivity index (χ1n) is 20.0. The number of imidazole rings is 2. The van der Waals surface area contributed by atoms with Crippen molar-refractivity contribution in [2.24, 2.45) is 11.8 Å². The van der Waals surface area contributed by atoms with Gasteiger partial charge in [0.2, 0.25) is 11.8 Å². The van der Waals surface area contributed by atoms with E-state index in [4.69, 9.17) is 19.4 Å². The van der Waals surface area contributed by atoms with Crippen LogP contribution in [0.4, 0.5) is 9.59 Å². The molecule has 304 valence electrons. The molecule has 0 spiro atoms. The Morgan fingerprint density at radius 2 is 1.09 bits per heavy atom. The number of carbonyl (C=O) groups excluding carboxylic acids is 4. The minimum atomic E-state index is -0.702. The number of carbonyl (C=O) groups is 4. The van der Waals surface area contributed by atoms with Gasteiger partial charge in [-0.2, -0.15) is 0 Å². The van der Waals surface area contributed by atoms with Crippen LogP contribution in [0, 0.1) is 11.8 Å². The quantitative estimate of drug-likeness (QED) is 0.107. The van der Waals surface area contributed by atoms with Crippen LogP contribution in [-0.4, -0.2) is 93.1 Å². The van der Waals surface area contributed by atoms with Crippen LogP contribution in [-0.2, 0) is 19.1 Å². The van der Waals surface area contributed by atoms with E-state index in [-0.39, 0.29) is 35.7 Å². The fraction of sp³-hybridized carbons (Fsp3) is 0.409. The summed E-state index contributed by atoms with van der Waals surface area (Å²) in [6, 6.07) is 19.0. The molecule has 2 aliphatic rings. The zero-order chi connectivity index (χ0) is 41.1. The van der Waals surface area contributed by atoms with Crippen molar-refractivity contribution in [3.05, 3.63) is 84.7 Å². The Morgan fingerprint density at radius 1 is 0.638 bits per heavy atom. The van der Waals surface area contributed by atoms with Crippen molar-refractivity contribution in [1.82, 2.24) is 40.4 Å². The standard InChI is InChI=1S/C44H52N8O6/c1-25(2)37(49-43(55)57-5)41(53)51-21-9-13-35(51)39-45-23-33(47-39)28-17-15-27(16-18-28)29-19-20-32(31-12-8-7-11-30(29)31)34-24-46-40(48-34)36-14-10-22-52(36)42(54)38(26(3)4)50-44(56)58-6/h7-8,11-12,15-20,23-26,35-38H,9-10,13-14,21-22H2,1-6H3,(H,45,47)(H,46,48)(H,49,55)(H,50,56)/t35-,36-,37+,38+/m0/s1. The van der Waals surface area contributed by atoms with Crippen molar-refractivity contribution in [3.8, 4) is 33.6 Å². The SMILES string of the molecule is COC(=O)N[C@@H](C(=O)N1CCC[C@H]1c1ncc(-c2ccc(-c3ccc(-c4cnc([C@@H]5CCCN5C(=O)[C@H](NC(=O)OC)C(C)C)[nH]4)c4ccccc34)cc2)[nH]1)C(C)C. The zero-order valence-corrected chi connectivity index (χ0v) is 33.9. The lowest BCUT2D eigenvalue weighted by Crippen LogP contribution is -2.51. The number of alkyl carbamates (subject to hydrolysis) is 2. The van der Waals surface area contributed by atoms with Gasteiger partial charge in [-0.1, -0.05) is 88.4 Å². The van der Waals surface area contributed by atoms with Crippen LogP contribution < -0.4 is 10.6 Å². The van der Waals surface area contributed by atoms with Crippen molar-refractivity contribution in [2.45, 2.75) is 77.5 Å². The molecule has 4 N–H and O–H groups in total. The number of H-pyrrole nitrogens is 2. The number of benzene rings is 3. The average molecular weight is 789 g/mol. The van der Waals surface area contributed by atoms with E-state index in [9.17, 15) is 19.2 Å². The summed E-state index contributed by atoms with van der Waals surface area (Å²) in [5, 5.41) is 7.57. The first kappa shape index (κ1) is 40.0. The number of nitrogens with zero attached hydrogens (tertiary/aromatic N) is 4. The molecule has 0 saturated carbocycles. The van der Waals surface area contributed by atoms with Gasteiger partial charge in [-0.15, -0.1) is 0 Å². The number of rotatable bonds is 11. The van der Waals surface area contributed by atoms with Crippen molar-refractivity contribution in [3.63, 3.8) is 0 Å². The third-order valence-electron chi connectivity index (χ3n) is 11.4. The van der Waals surface area contributed by atoms with Gasteiger partial charge in [0.1, 0.15) is 23.7 Å². The monoisotopic (exact) mass is 788 g/mol. The average Bonchev–Trinajstić information content (AvgIpc) is 4.08. The van der Waals surface area contributed by atoms with E-state index in [0.717, 1.165) is 81.7 Å². The molecule has 4 atom stereocenters. The molecule has 5 aromatic rings. The van der Waals surface area contributed by atoms with E-state index in [2.05, 4.69) is 69.1 Å². The molecule has 14 nitrogen and oxygen atoms in total. The number of nitrogens with one attached hydrogen (secondary N) is 4. The molecule has 0 bridgehead atoms. The van der Waals surface area contributed by atoms with E-state index in [1.165, 1.54) is 14.2 Å². The van der Waals surface area contributed by atoms with Crippen molar-refractivity contribution in [1.29, 1.82) is 0 Å². The van der Waals surface area contributed by atoms with Crippen molar-refractivity contribution >= 4 is 34.8 Å². The summed E-state index contributed by atoms with van der Waals surface area (Å²) >= 11 is 0. The second kappa shape index (κ2) is 17.1. The number of aromatic nitrogens is 4. The van der Waals surface area contributed by atoms with Crippen molar-refractivity contribution < 1.29 is 28.7 Å². The molecule has 7 rings (SSSR count). The molecule has 0 aliphatic carbocycles. The molecule has 2 fully saturated rings. The van der Waals surface area contributed by atoms with Gasteiger partial charge in [-0.05, 0) is 65.0 Å². The highest BCUT2D eigenvalue weighted by molar-refractivity contribution is 6.04. The Balaban J connectivity index is 1.09. The highest BCUT2D eigenvalue weighted by Crippen LogP contribution is 2.38. The number of aromatic amines is 2. The Hall–Kier alpha value is -6.18. The maximum atomic E-state index is 13.7. The number of hydrogen-bond donors (Lipinski definition) is 4. The van der Waals surface area contributed by atoms with E-state index in [1.54, 1.807) is 0 Å². The molecular formula is C44H52N8O6. The van der Waals surface area contributed by atoms with E-state index < -0.39 is 24.3 Å². The highest BCUT2D eigenvalue weighted by Gasteiger charge is 2.39. The summed E-state index contributed by atoms with van der Waals surface area (Å²) in [4.78, 5) is 71.4. The molecule has 4 amide bonds. The normalized spacial score (nSPS) is 17.8. The second-order valence-electron chi connectivity index (χ2n) is 15.7. The van der Waals surface area contributed by atoms with Crippen LogP contribution in [0.2, 0.25) is 0 Å². The van der Waals surface area contributed by atoms with Gasteiger partial charge < -0.3 is 39.9 Å². The first-order chi connectivity index (χ1) is 28.0. The third kappa shape index (κ3) is 8.00. The van der Waals surface area contributed by atoms with E-state index in [0.29, 0.717) is 13.1 Å². The molecular weight excluding hydrogens is 737 g/mol. The Morgan fingerprint density at radius 3 is 1.59 bits per heavy atom. The van der Waals surface area contributed by atoms with Gasteiger partial charge in [0.15, 0.2) is 0 Å². The zero-order valence-electron chi connectivity index (χ0n) is 33.9. The lowest BCUT2D eigenvalue weighted by atomic mass is 9.93. The lowest BCUT2D eigenvalue weighted by molar-refractivity contribution is -0.136. The predicted molar refractivity (Wildman–Crippen MR) is 220 cm³/mol. The van der Waals surface area contributed by atoms with Gasteiger partial charge >= 0.3 is 12.2 Å². The number of fused-ring (bicyclic) bond motifs is 1. The first-order valence-corrected chi connectivity index (χ1v) is 20.0. The molecule has 2 aliphatic heterocycles. The van der Waals surface area contributed by atoms with Gasteiger partial charge in [0.05, 0.1) is 50.1 Å². The fourth-order valence-electron chi connectivity index (χ4n) is 8.30. The van der Waals surface area contributed by atoms with Crippen LogP contribution in [0.3, 0.4) is 0 Å². The second-order valence-corrected chi connectivity index (χ2v) is 15.7. The molecule has 0 radical (unpaired) electrons. The van der Waals surface area contributed by atoms with Crippen LogP contribution >= 0.6 is 0 Å². The van der Waals surface area contributed by atoms with Gasteiger partial charge in [0, 0.05) is 18.7 Å². The number of ether oxygens (including phenoxy) is 2. The van der Waals surface area contributed by atoms with Crippen LogP contribution in [0.5, 0.6) is 0 Å². The van der Waals surface area contributed by atoms with Gasteiger partial charge in [-0.3, -0.25) is 9.59 Å². The van der Waals surface area contributed by atoms with Gasteiger partial charge in [-0.25, -0.2) is 19.6 Å². The van der Waals surface area contributed by atoms with Crippen LogP contribution in [0.25, 0.3) is 44.4 Å². The molecule has 2 saturated heterocycles. The minimum absolute atomic E-state index is 0.111. The Kier molecular flexibility index (Phi) is 11.8. The molecule has 14 heteroatoms. The largest absolute Gasteiger partial charge is 0.453 e.